The van der Waals surface area contributed by atoms with Gasteiger partial charge < -0.3 is 10.0 Å². The zero-order valence-corrected chi connectivity index (χ0v) is 13.3. The van der Waals surface area contributed by atoms with Crippen molar-refractivity contribution in [2.24, 2.45) is 0 Å². The van der Waals surface area contributed by atoms with Gasteiger partial charge in [-0.25, -0.2) is 0 Å². The molecule has 1 N–H and O–H groups in total. The van der Waals surface area contributed by atoms with Gasteiger partial charge in [-0.15, -0.1) is 0 Å². The van der Waals surface area contributed by atoms with Crippen LogP contribution in [0.4, 0.5) is 0 Å². The Hall–Kier alpha value is -1.55. The molecule has 0 aromatic heterocycles. The molecule has 1 aliphatic rings. The number of hydrogen-bond acceptors (Lipinski definition) is 3. The third-order valence-electron chi connectivity index (χ3n) is 4.48. The lowest BCUT2D eigenvalue weighted by molar-refractivity contribution is -0.132. The van der Waals surface area contributed by atoms with Crippen molar-refractivity contribution in [3.8, 4) is 5.75 Å². The summed E-state index contributed by atoms with van der Waals surface area (Å²) >= 11 is 0. The van der Waals surface area contributed by atoms with E-state index in [-0.39, 0.29) is 11.9 Å². The molecule has 0 saturated carbocycles. The van der Waals surface area contributed by atoms with Crippen molar-refractivity contribution in [1.82, 2.24) is 9.80 Å². The summed E-state index contributed by atoms with van der Waals surface area (Å²) in [5, 5.41) is 10.0. The molecule has 1 amide bonds. The van der Waals surface area contributed by atoms with Crippen LogP contribution >= 0.6 is 0 Å². The first-order valence-electron chi connectivity index (χ1n) is 7.87. The summed E-state index contributed by atoms with van der Waals surface area (Å²) in [7, 11) is 2.01. The molecule has 1 atom stereocenters. The van der Waals surface area contributed by atoms with Gasteiger partial charge in [-0.1, -0.05) is 12.1 Å². The highest BCUT2D eigenvalue weighted by atomic mass is 16.3. The number of phenols is 1. The molecule has 0 heterocycles. The van der Waals surface area contributed by atoms with Crippen LogP contribution in [0, 0.1) is 0 Å². The lowest BCUT2D eigenvalue weighted by atomic mass is 9.86. The van der Waals surface area contributed by atoms with E-state index in [0.29, 0.717) is 12.3 Å². The van der Waals surface area contributed by atoms with E-state index in [1.165, 1.54) is 5.56 Å². The van der Waals surface area contributed by atoms with E-state index in [1.807, 2.05) is 31.9 Å². The lowest BCUT2D eigenvalue weighted by Gasteiger charge is -2.34. The summed E-state index contributed by atoms with van der Waals surface area (Å²) < 4.78 is 0. The predicted octanol–water partition coefficient (Wildman–Crippen LogP) is 2.57. The van der Waals surface area contributed by atoms with E-state index in [9.17, 15) is 9.90 Å². The Labute approximate surface area is 127 Å². The highest BCUT2D eigenvalue weighted by Crippen LogP contribution is 2.37. The molecular formula is C17H26N2O2. The van der Waals surface area contributed by atoms with Crippen LogP contribution in [0.15, 0.2) is 18.2 Å². The molecule has 1 aromatic rings. The number of likely N-dealkylation sites (N-methyl/N-ethyl adjacent to an activating group) is 2. The molecule has 1 aliphatic carbocycles. The van der Waals surface area contributed by atoms with E-state index in [4.69, 9.17) is 0 Å². The summed E-state index contributed by atoms with van der Waals surface area (Å²) in [6.45, 7) is 5.96. The zero-order chi connectivity index (χ0) is 15.4. The smallest absolute Gasteiger partial charge is 0.236 e. The average molecular weight is 290 g/mol. The van der Waals surface area contributed by atoms with Crippen molar-refractivity contribution >= 4 is 5.91 Å². The second-order valence-corrected chi connectivity index (χ2v) is 5.73. The van der Waals surface area contributed by atoms with E-state index in [2.05, 4.69) is 11.0 Å². The SMILES string of the molecule is CCN(CC)C(=O)CN(C)C1CCCc2c(O)cccc21. The van der Waals surface area contributed by atoms with Crippen molar-refractivity contribution in [2.45, 2.75) is 39.2 Å². The van der Waals surface area contributed by atoms with Crippen molar-refractivity contribution in [3.05, 3.63) is 29.3 Å². The third-order valence-corrected chi connectivity index (χ3v) is 4.48. The number of carbonyl (C=O) groups excluding carboxylic acids is 1. The van der Waals surface area contributed by atoms with Crippen LogP contribution in [0.25, 0.3) is 0 Å². The molecule has 0 fully saturated rings. The van der Waals surface area contributed by atoms with Gasteiger partial charge in [-0.05, 0) is 57.4 Å². The second kappa shape index (κ2) is 6.94. The van der Waals surface area contributed by atoms with E-state index in [0.717, 1.165) is 37.9 Å². The molecular weight excluding hydrogens is 264 g/mol. The van der Waals surface area contributed by atoms with Gasteiger partial charge in [0.15, 0.2) is 0 Å². The molecule has 4 nitrogen and oxygen atoms in total. The minimum atomic E-state index is 0.176. The molecule has 1 aromatic carbocycles. The van der Waals surface area contributed by atoms with Crippen LogP contribution in [0.2, 0.25) is 0 Å². The van der Waals surface area contributed by atoms with Crippen LogP contribution in [-0.4, -0.2) is 47.5 Å². The lowest BCUT2D eigenvalue weighted by Crippen LogP contribution is -2.40. The van der Waals surface area contributed by atoms with Crippen molar-refractivity contribution in [1.29, 1.82) is 0 Å². The fraction of sp³-hybridized carbons (Fsp3) is 0.588. The minimum absolute atomic E-state index is 0.176. The number of phenolic OH excluding ortho intramolecular Hbond substituents is 1. The Morgan fingerprint density at radius 3 is 2.71 bits per heavy atom. The number of hydrogen-bond donors (Lipinski definition) is 1. The van der Waals surface area contributed by atoms with Gasteiger partial charge in [0, 0.05) is 19.1 Å². The summed E-state index contributed by atoms with van der Waals surface area (Å²) in [5.74, 6) is 0.565. The maximum Gasteiger partial charge on any atom is 0.236 e. The Morgan fingerprint density at radius 1 is 1.33 bits per heavy atom. The minimum Gasteiger partial charge on any atom is -0.508 e. The molecule has 0 spiro atoms. The van der Waals surface area contributed by atoms with Crippen LogP contribution in [0.1, 0.15) is 43.9 Å². The molecule has 0 bridgehead atoms. The first-order chi connectivity index (χ1) is 10.1. The molecule has 1 unspecified atom stereocenters. The Kier molecular flexibility index (Phi) is 5.23. The first kappa shape index (κ1) is 15.8. The normalized spacial score (nSPS) is 17.6. The Bertz CT molecular complexity index is 498. The highest BCUT2D eigenvalue weighted by molar-refractivity contribution is 5.78. The summed E-state index contributed by atoms with van der Waals surface area (Å²) in [4.78, 5) is 16.3. The van der Waals surface area contributed by atoms with Gasteiger partial charge in [-0.2, -0.15) is 0 Å². The number of fused-ring (bicyclic) bond motifs is 1. The largest absolute Gasteiger partial charge is 0.508 e. The van der Waals surface area contributed by atoms with Crippen LogP contribution < -0.4 is 0 Å². The average Bonchev–Trinajstić information content (AvgIpc) is 2.48. The van der Waals surface area contributed by atoms with Crippen LogP contribution in [0.5, 0.6) is 5.75 Å². The number of amides is 1. The fourth-order valence-corrected chi connectivity index (χ4v) is 3.26. The number of carbonyl (C=O) groups is 1. The summed E-state index contributed by atoms with van der Waals surface area (Å²) in [6, 6.07) is 5.95. The molecule has 0 saturated heterocycles. The Morgan fingerprint density at radius 2 is 2.05 bits per heavy atom. The monoisotopic (exact) mass is 290 g/mol. The number of rotatable bonds is 5. The van der Waals surface area contributed by atoms with Gasteiger partial charge in [0.25, 0.3) is 0 Å². The van der Waals surface area contributed by atoms with E-state index < -0.39 is 0 Å². The van der Waals surface area contributed by atoms with Crippen molar-refractivity contribution in [3.63, 3.8) is 0 Å². The fourth-order valence-electron chi connectivity index (χ4n) is 3.26. The van der Waals surface area contributed by atoms with Gasteiger partial charge in [0.2, 0.25) is 5.91 Å². The van der Waals surface area contributed by atoms with Gasteiger partial charge in [-0.3, -0.25) is 9.69 Å². The quantitative estimate of drug-likeness (QED) is 0.906. The van der Waals surface area contributed by atoms with Crippen LogP contribution in [-0.2, 0) is 11.2 Å². The van der Waals surface area contributed by atoms with Crippen LogP contribution in [0.3, 0.4) is 0 Å². The molecule has 2 rings (SSSR count). The van der Waals surface area contributed by atoms with E-state index in [1.54, 1.807) is 6.07 Å². The first-order valence-corrected chi connectivity index (χ1v) is 7.87. The van der Waals surface area contributed by atoms with E-state index >= 15 is 0 Å². The zero-order valence-electron chi connectivity index (χ0n) is 13.3. The molecule has 0 aliphatic heterocycles. The maximum absolute atomic E-state index is 12.3. The number of nitrogens with zero attached hydrogens (tertiary/aromatic N) is 2. The second-order valence-electron chi connectivity index (χ2n) is 5.73. The summed E-state index contributed by atoms with van der Waals surface area (Å²) in [5.41, 5.74) is 2.23. The van der Waals surface area contributed by atoms with Gasteiger partial charge >= 0.3 is 0 Å². The van der Waals surface area contributed by atoms with Gasteiger partial charge in [0.05, 0.1) is 6.54 Å². The van der Waals surface area contributed by atoms with Crippen molar-refractivity contribution < 1.29 is 9.90 Å². The molecule has 0 radical (unpaired) electrons. The topological polar surface area (TPSA) is 43.8 Å². The maximum atomic E-state index is 12.3. The standard InChI is InChI=1S/C17H26N2O2/c1-4-19(5-2)17(21)12-18(3)15-10-6-9-14-13(15)8-7-11-16(14)20/h7-8,11,15,20H,4-6,9-10,12H2,1-3H3. The molecule has 116 valence electrons. The Balaban J connectivity index is 2.13. The van der Waals surface area contributed by atoms with Crippen molar-refractivity contribution in [2.75, 3.05) is 26.7 Å². The molecule has 4 heteroatoms. The number of benzene rings is 1. The van der Waals surface area contributed by atoms with Gasteiger partial charge in [0.1, 0.15) is 5.75 Å². The highest BCUT2D eigenvalue weighted by Gasteiger charge is 2.27. The molecule has 21 heavy (non-hydrogen) atoms. The summed E-state index contributed by atoms with van der Waals surface area (Å²) in [6.07, 6.45) is 3.02. The predicted molar refractivity (Wildman–Crippen MR) is 84.3 cm³/mol. The number of aromatic hydroxyl groups is 1. The third kappa shape index (κ3) is 3.38.